The quantitative estimate of drug-likeness (QED) is 0.747. The number of phenolic OH excluding ortho intramolecular Hbond substituents is 1. The predicted octanol–water partition coefficient (Wildman–Crippen LogP) is 1.98. The van der Waals surface area contributed by atoms with Gasteiger partial charge in [0.25, 0.3) is 0 Å². The SMILES string of the molecule is Cn1nc(C(=O)O)cc1-c1cc2c(O)cccc2n1C. The Kier molecular flexibility index (Phi) is 2.53. The van der Waals surface area contributed by atoms with Crippen molar-refractivity contribution in [2.24, 2.45) is 14.1 Å². The second kappa shape index (κ2) is 4.12. The Bertz CT molecular complexity index is 830. The summed E-state index contributed by atoms with van der Waals surface area (Å²) in [5, 5.41) is 23.6. The van der Waals surface area contributed by atoms with Crippen molar-refractivity contribution in [2.75, 3.05) is 0 Å². The molecule has 102 valence electrons. The molecule has 1 aromatic carbocycles. The van der Waals surface area contributed by atoms with E-state index in [2.05, 4.69) is 5.10 Å². The zero-order valence-corrected chi connectivity index (χ0v) is 11.0. The topological polar surface area (TPSA) is 80.3 Å². The van der Waals surface area contributed by atoms with Crippen LogP contribution in [0, 0.1) is 0 Å². The molecule has 0 fully saturated rings. The summed E-state index contributed by atoms with van der Waals surface area (Å²) < 4.78 is 3.42. The van der Waals surface area contributed by atoms with Crippen LogP contribution in [0.1, 0.15) is 10.5 Å². The highest BCUT2D eigenvalue weighted by Crippen LogP contribution is 2.32. The number of hydrogen-bond acceptors (Lipinski definition) is 3. The highest BCUT2D eigenvalue weighted by Gasteiger charge is 2.17. The zero-order chi connectivity index (χ0) is 14.4. The number of aromatic hydroxyl groups is 1. The third-order valence-corrected chi connectivity index (χ3v) is 3.43. The molecular formula is C14H13N3O3. The Morgan fingerprint density at radius 3 is 2.55 bits per heavy atom. The molecule has 2 aromatic heterocycles. The van der Waals surface area contributed by atoms with Crippen molar-refractivity contribution in [3.63, 3.8) is 0 Å². The molecule has 2 heterocycles. The first-order chi connectivity index (χ1) is 9.49. The molecule has 6 heteroatoms. The summed E-state index contributed by atoms with van der Waals surface area (Å²) in [7, 11) is 3.56. The van der Waals surface area contributed by atoms with Crippen LogP contribution in [0.3, 0.4) is 0 Å². The van der Waals surface area contributed by atoms with Crippen molar-refractivity contribution < 1.29 is 15.0 Å². The van der Waals surface area contributed by atoms with Crippen LogP contribution in [0.5, 0.6) is 5.75 Å². The van der Waals surface area contributed by atoms with Gasteiger partial charge in [0, 0.05) is 25.5 Å². The van der Waals surface area contributed by atoms with E-state index < -0.39 is 5.97 Å². The van der Waals surface area contributed by atoms with Gasteiger partial charge >= 0.3 is 5.97 Å². The molecular weight excluding hydrogens is 258 g/mol. The van der Waals surface area contributed by atoms with Crippen LogP contribution in [0.2, 0.25) is 0 Å². The lowest BCUT2D eigenvalue weighted by atomic mass is 10.2. The zero-order valence-electron chi connectivity index (χ0n) is 11.0. The molecule has 0 unspecified atom stereocenters. The van der Waals surface area contributed by atoms with Crippen LogP contribution < -0.4 is 0 Å². The molecule has 0 bridgehead atoms. The molecule has 0 spiro atoms. The first-order valence-electron chi connectivity index (χ1n) is 6.04. The van der Waals surface area contributed by atoms with Gasteiger partial charge in [-0.05, 0) is 18.2 Å². The van der Waals surface area contributed by atoms with Crippen molar-refractivity contribution in [1.82, 2.24) is 14.3 Å². The first kappa shape index (κ1) is 12.3. The minimum atomic E-state index is -1.06. The third kappa shape index (κ3) is 1.65. The molecule has 3 aromatic rings. The summed E-state index contributed by atoms with van der Waals surface area (Å²) in [6.45, 7) is 0. The summed E-state index contributed by atoms with van der Waals surface area (Å²) in [5.41, 5.74) is 2.35. The minimum absolute atomic E-state index is 0.00280. The maximum absolute atomic E-state index is 11.0. The molecule has 0 saturated heterocycles. The van der Waals surface area contributed by atoms with E-state index in [-0.39, 0.29) is 11.4 Å². The standard InChI is InChI=1S/C14H13N3O3/c1-16-10-4-3-5-13(18)8(10)6-11(16)12-7-9(14(19)20)15-17(12)2/h3-7,18H,1-2H3,(H,19,20). The van der Waals surface area contributed by atoms with E-state index in [4.69, 9.17) is 5.11 Å². The fraction of sp³-hybridized carbons (Fsp3) is 0.143. The van der Waals surface area contributed by atoms with E-state index in [1.165, 1.54) is 10.7 Å². The Morgan fingerprint density at radius 1 is 1.20 bits per heavy atom. The predicted molar refractivity (Wildman–Crippen MR) is 73.7 cm³/mol. The van der Waals surface area contributed by atoms with E-state index in [0.717, 1.165) is 16.6 Å². The Balaban J connectivity index is 2.27. The van der Waals surface area contributed by atoms with E-state index in [1.807, 2.05) is 23.7 Å². The van der Waals surface area contributed by atoms with E-state index >= 15 is 0 Å². The number of phenols is 1. The number of nitrogens with zero attached hydrogens (tertiary/aromatic N) is 3. The fourth-order valence-corrected chi connectivity index (χ4v) is 2.40. The Morgan fingerprint density at radius 2 is 1.95 bits per heavy atom. The van der Waals surface area contributed by atoms with Crippen molar-refractivity contribution in [3.8, 4) is 17.1 Å². The van der Waals surface area contributed by atoms with Crippen LogP contribution in [0.4, 0.5) is 0 Å². The number of benzene rings is 1. The molecule has 0 radical (unpaired) electrons. The first-order valence-corrected chi connectivity index (χ1v) is 6.04. The molecule has 0 aliphatic rings. The van der Waals surface area contributed by atoms with Crippen LogP contribution >= 0.6 is 0 Å². The van der Waals surface area contributed by atoms with Gasteiger partial charge in [-0.2, -0.15) is 5.10 Å². The van der Waals surface area contributed by atoms with Crippen molar-refractivity contribution in [3.05, 3.63) is 36.0 Å². The molecule has 0 aliphatic carbocycles. The average molecular weight is 271 g/mol. The van der Waals surface area contributed by atoms with Crippen molar-refractivity contribution >= 4 is 16.9 Å². The highest BCUT2D eigenvalue weighted by molar-refractivity contribution is 5.92. The summed E-state index contributed by atoms with van der Waals surface area (Å²) in [6, 6.07) is 8.64. The van der Waals surface area contributed by atoms with Gasteiger partial charge in [-0.15, -0.1) is 0 Å². The van der Waals surface area contributed by atoms with E-state index in [0.29, 0.717) is 5.69 Å². The summed E-state index contributed by atoms with van der Waals surface area (Å²) in [6.07, 6.45) is 0. The van der Waals surface area contributed by atoms with Gasteiger partial charge in [-0.1, -0.05) is 6.07 Å². The lowest BCUT2D eigenvalue weighted by Crippen LogP contribution is -2.00. The molecule has 0 atom stereocenters. The average Bonchev–Trinajstić information content (AvgIpc) is 2.93. The second-order valence-electron chi connectivity index (χ2n) is 4.64. The van der Waals surface area contributed by atoms with Gasteiger partial charge in [-0.25, -0.2) is 4.79 Å². The number of aromatic nitrogens is 3. The maximum Gasteiger partial charge on any atom is 0.356 e. The van der Waals surface area contributed by atoms with Gasteiger partial charge in [0.05, 0.1) is 16.9 Å². The Hall–Kier alpha value is -2.76. The number of carboxylic acids is 1. The number of rotatable bonds is 2. The number of aromatic carboxylic acids is 1. The molecule has 20 heavy (non-hydrogen) atoms. The largest absolute Gasteiger partial charge is 0.507 e. The lowest BCUT2D eigenvalue weighted by Gasteiger charge is -2.04. The van der Waals surface area contributed by atoms with Crippen LogP contribution in [-0.2, 0) is 14.1 Å². The van der Waals surface area contributed by atoms with Gasteiger partial charge in [-0.3, -0.25) is 4.68 Å². The van der Waals surface area contributed by atoms with Crippen LogP contribution in [0.15, 0.2) is 30.3 Å². The van der Waals surface area contributed by atoms with Gasteiger partial charge in [0.15, 0.2) is 5.69 Å². The van der Waals surface area contributed by atoms with Crippen LogP contribution in [-0.4, -0.2) is 30.5 Å². The molecule has 0 saturated carbocycles. The summed E-state index contributed by atoms with van der Waals surface area (Å²) >= 11 is 0. The number of carbonyl (C=O) groups is 1. The third-order valence-electron chi connectivity index (χ3n) is 3.43. The maximum atomic E-state index is 11.0. The second-order valence-corrected chi connectivity index (χ2v) is 4.64. The molecule has 2 N–H and O–H groups in total. The normalized spacial score (nSPS) is 11.1. The van der Waals surface area contributed by atoms with Gasteiger partial charge in [0.1, 0.15) is 5.75 Å². The molecule has 3 rings (SSSR count). The van der Waals surface area contributed by atoms with Crippen molar-refractivity contribution in [1.29, 1.82) is 0 Å². The number of fused-ring (bicyclic) bond motifs is 1. The summed E-state index contributed by atoms with van der Waals surface area (Å²) in [4.78, 5) is 11.0. The Labute approximate surface area is 114 Å². The highest BCUT2D eigenvalue weighted by atomic mass is 16.4. The van der Waals surface area contributed by atoms with E-state index in [1.54, 1.807) is 19.2 Å². The smallest absolute Gasteiger partial charge is 0.356 e. The lowest BCUT2D eigenvalue weighted by molar-refractivity contribution is 0.0689. The minimum Gasteiger partial charge on any atom is -0.507 e. The number of carboxylic acid groups (broad SMARTS) is 1. The number of aryl methyl sites for hydroxylation is 2. The van der Waals surface area contributed by atoms with E-state index in [9.17, 15) is 9.90 Å². The molecule has 0 amide bonds. The molecule has 6 nitrogen and oxygen atoms in total. The monoisotopic (exact) mass is 271 g/mol. The fourth-order valence-electron chi connectivity index (χ4n) is 2.40. The van der Waals surface area contributed by atoms with Gasteiger partial charge in [0.2, 0.25) is 0 Å². The van der Waals surface area contributed by atoms with Crippen molar-refractivity contribution in [2.45, 2.75) is 0 Å². The number of hydrogen-bond donors (Lipinski definition) is 2. The van der Waals surface area contributed by atoms with Gasteiger partial charge < -0.3 is 14.8 Å². The van der Waals surface area contributed by atoms with Crippen LogP contribution in [0.25, 0.3) is 22.3 Å². The molecule has 0 aliphatic heterocycles. The summed E-state index contributed by atoms with van der Waals surface area (Å²) in [5.74, 6) is -0.863.